The quantitative estimate of drug-likeness (QED) is 0.229. The van der Waals surface area contributed by atoms with Gasteiger partial charge in [-0.25, -0.2) is 4.98 Å². The lowest BCUT2D eigenvalue weighted by Gasteiger charge is -2.11. The lowest BCUT2D eigenvalue weighted by atomic mass is 10.00. The maximum absolute atomic E-state index is 13.6. The molecular formula is C28H20ClN5OS. The molecule has 0 aliphatic carbocycles. The molecule has 0 atom stereocenters. The lowest BCUT2D eigenvalue weighted by molar-refractivity contribution is 0.102. The minimum Gasteiger partial charge on any atom is -0.383 e. The van der Waals surface area contributed by atoms with E-state index >= 15 is 0 Å². The number of anilines is 4. The summed E-state index contributed by atoms with van der Waals surface area (Å²) in [4.78, 5) is 18.2. The number of nitrogens with zero attached hydrogens (tertiary/aromatic N) is 2. The van der Waals surface area contributed by atoms with Crippen LogP contribution in [0.2, 0.25) is 5.02 Å². The van der Waals surface area contributed by atoms with Crippen molar-refractivity contribution in [2.75, 3.05) is 16.4 Å². The fourth-order valence-corrected chi connectivity index (χ4v) is 5.32. The fourth-order valence-electron chi connectivity index (χ4n) is 3.97. The van der Waals surface area contributed by atoms with Crippen LogP contribution in [-0.4, -0.2) is 10.9 Å². The van der Waals surface area contributed by atoms with Gasteiger partial charge in [0.1, 0.15) is 28.0 Å². The summed E-state index contributed by atoms with van der Waals surface area (Å²) >= 11 is 7.47. The van der Waals surface area contributed by atoms with E-state index in [-0.39, 0.29) is 17.3 Å². The number of benzene rings is 3. The maximum Gasteiger partial charge on any atom is 0.260 e. The first-order chi connectivity index (χ1) is 17.5. The van der Waals surface area contributed by atoms with Gasteiger partial charge in [-0.3, -0.25) is 4.79 Å². The van der Waals surface area contributed by atoms with Crippen molar-refractivity contribution in [2.24, 2.45) is 0 Å². The largest absolute Gasteiger partial charge is 0.383 e. The minimum absolute atomic E-state index is 0.0592. The van der Waals surface area contributed by atoms with E-state index in [1.54, 1.807) is 12.1 Å². The summed E-state index contributed by atoms with van der Waals surface area (Å²) in [7, 11) is 0. The third-order valence-electron chi connectivity index (χ3n) is 5.75. The van der Waals surface area contributed by atoms with E-state index < -0.39 is 0 Å². The van der Waals surface area contributed by atoms with Crippen molar-refractivity contribution in [2.45, 2.75) is 6.92 Å². The highest BCUT2D eigenvalue weighted by atomic mass is 35.5. The second-order valence-electron chi connectivity index (χ2n) is 8.11. The zero-order valence-corrected chi connectivity index (χ0v) is 20.7. The van der Waals surface area contributed by atoms with Gasteiger partial charge < -0.3 is 16.4 Å². The molecule has 0 aliphatic heterocycles. The number of aromatic nitrogens is 1. The van der Waals surface area contributed by atoms with Crippen LogP contribution < -0.4 is 16.4 Å². The van der Waals surface area contributed by atoms with E-state index in [0.29, 0.717) is 37.1 Å². The number of nitrogens with two attached hydrogens (primary N) is 1. The molecule has 2 heterocycles. The van der Waals surface area contributed by atoms with Gasteiger partial charge in [-0.1, -0.05) is 60.1 Å². The predicted molar refractivity (Wildman–Crippen MR) is 148 cm³/mol. The Balaban J connectivity index is 1.77. The number of pyridine rings is 1. The molecule has 5 aromatic rings. The van der Waals surface area contributed by atoms with E-state index in [1.165, 1.54) is 11.3 Å². The molecule has 0 bridgehead atoms. The first-order valence-corrected chi connectivity index (χ1v) is 12.3. The van der Waals surface area contributed by atoms with Gasteiger partial charge in [0.15, 0.2) is 0 Å². The van der Waals surface area contributed by atoms with Gasteiger partial charge in [0, 0.05) is 22.0 Å². The molecule has 0 aliphatic rings. The third kappa shape index (κ3) is 4.36. The van der Waals surface area contributed by atoms with Crippen LogP contribution in [-0.2, 0) is 0 Å². The van der Waals surface area contributed by atoms with Crippen LogP contribution in [0.5, 0.6) is 0 Å². The Morgan fingerprint density at radius 2 is 1.72 bits per heavy atom. The molecule has 0 unspecified atom stereocenters. The number of carbonyl (C=O) groups excluding carboxylic acids is 1. The van der Waals surface area contributed by atoms with Crippen LogP contribution in [0.1, 0.15) is 21.5 Å². The summed E-state index contributed by atoms with van der Waals surface area (Å²) in [5.41, 5.74) is 11.2. The Morgan fingerprint density at radius 3 is 2.42 bits per heavy atom. The highest BCUT2D eigenvalue weighted by Crippen LogP contribution is 2.44. The molecule has 4 N–H and O–H groups in total. The number of amides is 1. The molecular weight excluding hydrogens is 490 g/mol. The van der Waals surface area contributed by atoms with E-state index in [9.17, 15) is 10.1 Å². The number of nitrogens with one attached hydrogen (secondary N) is 2. The van der Waals surface area contributed by atoms with Crippen LogP contribution in [0.15, 0.2) is 78.9 Å². The number of hydrogen-bond acceptors (Lipinski definition) is 6. The third-order valence-corrected chi connectivity index (χ3v) is 7.11. The molecule has 8 heteroatoms. The van der Waals surface area contributed by atoms with Crippen molar-refractivity contribution in [3.8, 4) is 17.2 Å². The van der Waals surface area contributed by atoms with Crippen molar-refractivity contribution in [3.63, 3.8) is 0 Å². The van der Waals surface area contributed by atoms with Crippen LogP contribution in [0.4, 0.5) is 22.2 Å². The van der Waals surface area contributed by atoms with Gasteiger partial charge >= 0.3 is 0 Å². The van der Waals surface area contributed by atoms with Crippen LogP contribution in [0.3, 0.4) is 0 Å². The van der Waals surface area contributed by atoms with Crippen LogP contribution >= 0.6 is 22.9 Å². The number of halogens is 1. The summed E-state index contributed by atoms with van der Waals surface area (Å²) in [5, 5.41) is 17.5. The number of nitrogen functional groups attached to an aromatic ring is 1. The summed E-state index contributed by atoms with van der Waals surface area (Å²) in [5.74, 6) is -0.272. The predicted octanol–water partition coefficient (Wildman–Crippen LogP) is 7.37. The molecule has 0 saturated heterocycles. The van der Waals surface area contributed by atoms with Gasteiger partial charge in [0.2, 0.25) is 0 Å². The number of para-hydroxylation sites is 2. The zero-order valence-electron chi connectivity index (χ0n) is 19.2. The Labute approximate surface area is 217 Å². The first-order valence-electron chi connectivity index (χ1n) is 11.1. The molecule has 5 rings (SSSR count). The van der Waals surface area contributed by atoms with Crippen molar-refractivity contribution in [1.82, 2.24) is 4.98 Å². The first kappa shape index (κ1) is 23.4. The smallest absolute Gasteiger partial charge is 0.260 e. The fraction of sp³-hybridized carbons (Fsp3) is 0.0357. The second kappa shape index (κ2) is 9.70. The molecule has 3 aromatic carbocycles. The van der Waals surface area contributed by atoms with E-state index in [0.717, 1.165) is 16.8 Å². The lowest BCUT2D eigenvalue weighted by Crippen LogP contribution is -2.13. The summed E-state index contributed by atoms with van der Waals surface area (Å²) in [6.07, 6.45) is 0. The second-order valence-corrected chi connectivity index (χ2v) is 9.57. The summed E-state index contributed by atoms with van der Waals surface area (Å²) in [6.45, 7) is 1.99. The molecule has 176 valence electrons. The zero-order chi connectivity index (χ0) is 25.2. The van der Waals surface area contributed by atoms with Crippen LogP contribution in [0.25, 0.3) is 21.3 Å². The Morgan fingerprint density at radius 1 is 1.03 bits per heavy atom. The molecule has 0 spiro atoms. The molecule has 0 radical (unpaired) electrons. The number of carbonyl (C=O) groups is 1. The van der Waals surface area contributed by atoms with Gasteiger partial charge in [-0.15, -0.1) is 11.3 Å². The van der Waals surface area contributed by atoms with E-state index in [2.05, 4.69) is 21.7 Å². The number of nitriles is 1. The average molecular weight is 510 g/mol. The van der Waals surface area contributed by atoms with Crippen molar-refractivity contribution < 1.29 is 4.79 Å². The van der Waals surface area contributed by atoms with E-state index in [1.807, 2.05) is 73.7 Å². The Bertz CT molecular complexity index is 1640. The number of thiophene rings is 1. The molecule has 36 heavy (non-hydrogen) atoms. The summed E-state index contributed by atoms with van der Waals surface area (Å²) in [6, 6.07) is 26.4. The highest BCUT2D eigenvalue weighted by molar-refractivity contribution is 7.24. The molecule has 1 amide bonds. The Kier molecular flexibility index (Phi) is 6.30. The van der Waals surface area contributed by atoms with Gasteiger partial charge in [-0.2, -0.15) is 5.26 Å². The highest BCUT2D eigenvalue weighted by Gasteiger charge is 2.26. The van der Waals surface area contributed by atoms with Crippen molar-refractivity contribution in [3.05, 3.63) is 101 Å². The molecule has 6 nitrogen and oxygen atoms in total. The van der Waals surface area contributed by atoms with Gasteiger partial charge in [-0.05, 0) is 48.4 Å². The van der Waals surface area contributed by atoms with Gasteiger partial charge in [0.25, 0.3) is 5.91 Å². The SMILES string of the molecule is Cc1ccccc1Nc1sc2c(-c3ccc(Cl)cc3)c(C#N)c(N)nc2c1C(=O)Nc1ccccc1. The monoisotopic (exact) mass is 509 g/mol. The number of rotatable bonds is 5. The number of aryl methyl sites for hydroxylation is 1. The minimum atomic E-state index is -0.331. The number of fused-ring (bicyclic) bond motifs is 1. The van der Waals surface area contributed by atoms with Gasteiger partial charge in [0.05, 0.1) is 10.2 Å². The van der Waals surface area contributed by atoms with Crippen molar-refractivity contribution in [1.29, 1.82) is 5.26 Å². The summed E-state index contributed by atoms with van der Waals surface area (Å²) < 4.78 is 0.678. The molecule has 2 aromatic heterocycles. The van der Waals surface area contributed by atoms with E-state index in [4.69, 9.17) is 17.3 Å². The molecule has 0 saturated carbocycles. The van der Waals surface area contributed by atoms with Crippen molar-refractivity contribution >= 4 is 61.3 Å². The average Bonchev–Trinajstić information content (AvgIpc) is 3.23. The standard InChI is InChI=1S/C28H20ClN5OS/c1-16-7-5-6-10-21(16)33-28-23(27(35)32-19-8-3-2-4-9-19)24-25(36-28)22(20(15-30)26(31)34-24)17-11-13-18(29)14-12-17/h2-14,33H,1H3,(H2,31,34)(H,32,35). The Hall–Kier alpha value is -4.38. The van der Waals surface area contributed by atoms with Crippen LogP contribution in [0, 0.1) is 18.3 Å². The maximum atomic E-state index is 13.6. The normalized spacial score (nSPS) is 10.7. The number of hydrogen-bond donors (Lipinski definition) is 3. The topological polar surface area (TPSA) is 104 Å². The molecule has 0 fully saturated rings.